The zero-order chi connectivity index (χ0) is 12.2. The van der Waals surface area contributed by atoms with Crippen LogP contribution in [0.5, 0.6) is 5.75 Å². The maximum absolute atomic E-state index is 11.8. The van der Waals surface area contributed by atoms with Crippen molar-refractivity contribution in [2.75, 3.05) is 0 Å². The van der Waals surface area contributed by atoms with Crippen LogP contribution < -0.4 is 9.84 Å². The quantitative estimate of drug-likeness (QED) is 0.738. The van der Waals surface area contributed by atoms with Gasteiger partial charge in [-0.25, -0.2) is 0 Å². The third kappa shape index (κ3) is 4.50. The molecular formula is C10H6F3O3-. The summed E-state index contributed by atoms with van der Waals surface area (Å²) in [5.41, 5.74) is 0.269. The molecule has 0 bridgehead atoms. The van der Waals surface area contributed by atoms with Crippen molar-refractivity contribution in [1.29, 1.82) is 0 Å². The lowest BCUT2D eigenvalue weighted by Gasteiger charge is -2.08. The number of ether oxygens (including phenoxy) is 1. The first kappa shape index (κ1) is 12.1. The Balaban J connectivity index is 2.83. The van der Waals surface area contributed by atoms with Crippen LogP contribution in [0.1, 0.15) is 5.56 Å². The van der Waals surface area contributed by atoms with Crippen molar-refractivity contribution in [3.8, 4) is 5.75 Å². The van der Waals surface area contributed by atoms with E-state index in [-0.39, 0.29) is 5.56 Å². The smallest absolute Gasteiger partial charge is 0.545 e. The number of carboxylic acids is 1. The molecule has 0 unspecified atom stereocenters. The fourth-order valence-corrected chi connectivity index (χ4v) is 0.980. The summed E-state index contributed by atoms with van der Waals surface area (Å²) in [6.07, 6.45) is -2.94. The largest absolute Gasteiger partial charge is 0.573 e. The molecule has 0 aliphatic rings. The summed E-state index contributed by atoms with van der Waals surface area (Å²) in [5.74, 6) is -1.84. The fourth-order valence-electron chi connectivity index (χ4n) is 0.980. The zero-order valence-electron chi connectivity index (χ0n) is 7.82. The van der Waals surface area contributed by atoms with Crippen LogP contribution in [0.2, 0.25) is 0 Å². The van der Waals surface area contributed by atoms with Crippen LogP contribution in [0, 0.1) is 0 Å². The Kier molecular flexibility index (Phi) is 3.55. The molecule has 0 heterocycles. The van der Waals surface area contributed by atoms with Crippen molar-refractivity contribution in [3.05, 3.63) is 35.9 Å². The molecule has 16 heavy (non-hydrogen) atoms. The van der Waals surface area contributed by atoms with Gasteiger partial charge in [-0.2, -0.15) is 0 Å². The third-order valence-electron chi connectivity index (χ3n) is 1.50. The molecule has 1 aromatic carbocycles. The second-order valence-electron chi connectivity index (χ2n) is 2.77. The van der Waals surface area contributed by atoms with Gasteiger partial charge in [-0.05, 0) is 23.8 Å². The minimum Gasteiger partial charge on any atom is -0.545 e. The van der Waals surface area contributed by atoms with E-state index < -0.39 is 18.1 Å². The first-order valence-electron chi connectivity index (χ1n) is 4.12. The van der Waals surface area contributed by atoms with Gasteiger partial charge < -0.3 is 14.6 Å². The van der Waals surface area contributed by atoms with Crippen molar-refractivity contribution in [2.24, 2.45) is 0 Å². The molecule has 0 radical (unpaired) electrons. The monoisotopic (exact) mass is 231 g/mol. The molecule has 0 aliphatic heterocycles. The maximum Gasteiger partial charge on any atom is 0.573 e. The van der Waals surface area contributed by atoms with Crippen LogP contribution in [-0.2, 0) is 4.79 Å². The Morgan fingerprint density at radius 2 is 2.06 bits per heavy atom. The predicted octanol–water partition coefficient (Wildman–Crippen LogP) is 1.35. The highest BCUT2D eigenvalue weighted by atomic mass is 19.4. The van der Waals surface area contributed by atoms with Crippen molar-refractivity contribution >= 4 is 12.0 Å². The fraction of sp³-hybridized carbons (Fsp3) is 0.100. The number of hydrogen-bond acceptors (Lipinski definition) is 3. The summed E-state index contributed by atoms with van der Waals surface area (Å²) in [7, 11) is 0. The van der Waals surface area contributed by atoms with E-state index in [1.165, 1.54) is 12.1 Å². The summed E-state index contributed by atoms with van der Waals surface area (Å²) in [5, 5.41) is 10.1. The van der Waals surface area contributed by atoms with Gasteiger partial charge in [0.1, 0.15) is 5.75 Å². The van der Waals surface area contributed by atoms with Crippen LogP contribution in [0.3, 0.4) is 0 Å². The van der Waals surface area contributed by atoms with Gasteiger partial charge in [0.15, 0.2) is 0 Å². The van der Waals surface area contributed by atoms with Gasteiger partial charge in [-0.15, -0.1) is 13.2 Å². The zero-order valence-corrected chi connectivity index (χ0v) is 7.82. The Morgan fingerprint density at radius 3 is 2.62 bits per heavy atom. The van der Waals surface area contributed by atoms with Crippen LogP contribution in [0.15, 0.2) is 30.3 Å². The van der Waals surface area contributed by atoms with Crippen LogP contribution in [0.25, 0.3) is 6.08 Å². The van der Waals surface area contributed by atoms with Crippen molar-refractivity contribution in [1.82, 2.24) is 0 Å². The van der Waals surface area contributed by atoms with E-state index in [4.69, 9.17) is 0 Å². The number of carbonyl (C=O) groups excluding carboxylic acids is 1. The van der Waals surface area contributed by atoms with E-state index in [2.05, 4.69) is 4.74 Å². The lowest BCUT2D eigenvalue weighted by atomic mass is 10.2. The van der Waals surface area contributed by atoms with E-state index in [9.17, 15) is 23.1 Å². The molecule has 0 N–H and O–H groups in total. The van der Waals surface area contributed by atoms with Gasteiger partial charge in [0.2, 0.25) is 0 Å². The first-order chi connectivity index (χ1) is 7.37. The van der Waals surface area contributed by atoms with Gasteiger partial charge in [-0.3, -0.25) is 0 Å². The molecule has 0 saturated heterocycles. The summed E-state index contributed by atoms with van der Waals surface area (Å²) >= 11 is 0. The van der Waals surface area contributed by atoms with Crippen LogP contribution in [-0.4, -0.2) is 12.3 Å². The number of aliphatic carboxylic acids is 1. The Bertz CT molecular complexity index is 410. The lowest BCUT2D eigenvalue weighted by molar-refractivity contribution is -0.297. The molecular weight excluding hydrogens is 225 g/mol. The predicted molar refractivity (Wildman–Crippen MR) is 47.2 cm³/mol. The normalized spacial score (nSPS) is 11.7. The third-order valence-corrected chi connectivity index (χ3v) is 1.50. The Labute approximate surface area is 88.8 Å². The second kappa shape index (κ2) is 4.69. The molecule has 0 atom stereocenters. The maximum atomic E-state index is 11.8. The highest BCUT2D eigenvalue weighted by molar-refractivity contribution is 5.83. The van der Waals surface area contributed by atoms with Gasteiger partial charge in [-0.1, -0.05) is 18.2 Å². The van der Waals surface area contributed by atoms with Gasteiger partial charge in [0.25, 0.3) is 0 Å². The average Bonchev–Trinajstić information content (AvgIpc) is 2.12. The number of carbonyl (C=O) groups is 1. The molecule has 1 aromatic rings. The summed E-state index contributed by atoms with van der Waals surface area (Å²) in [6.45, 7) is 0. The number of alkyl halides is 3. The molecule has 0 saturated carbocycles. The second-order valence-corrected chi connectivity index (χ2v) is 2.77. The van der Waals surface area contributed by atoms with Gasteiger partial charge in [0.05, 0.1) is 5.97 Å². The molecule has 0 aliphatic carbocycles. The van der Waals surface area contributed by atoms with Crippen LogP contribution >= 0.6 is 0 Å². The minimum absolute atomic E-state index is 0.269. The molecule has 0 aromatic heterocycles. The number of halogens is 3. The number of hydrogen-bond donors (Lipinski definition) is 0. The summed E-state index contributed by atoms with van der Waals surface area (Å²) in [4.78, 5) is 10.1. The first-order valence-corrected chi connectivity index (χ1v) is 4.12. The van der Waals surface area contributed by atoms with E-state index in [0.717, 1.165) is 18.2 Å². The van der Waals surface area contributed by atoms with Gasteiger partial charge in [0, 0.05) is 0 Å². The molecule has 6 heteroatoms. The minimum atomic E-state index is -4.77. The molecule has 0 amide bonds. The molecule has 3 nitrogen and oxygen atoms in total. The number of benzene rings is 1. The van der Waals surface area contributed by atoms with E-state index in [1.54, 1.807) is 0 Å². The molecule has 1 rings (SSSR count). The highest BCUT2D eigenvalue weighted by Crippen LogP contribution is 2.23. The SMILES string of the molecule is O=C([O-])/C=C/c1cccc(OC(F)(F)F)c1. The Morgan fingerprint density at radius 1 is 1.38 bits per heavy atom. The topological polar surface area (TPSA) is 49.4 Å². The van der Waals surface area contributed by atoms with E-state index in [1.807, 2.05) is 0 Å². The standard InChI is InChI=1S/C10H7F3O3/c11-10(12,13)16-8-3-1-2-7(6-8)4-5-9(14)15/h1-6H,(H,14,15)/p-1/b5-4+. The van der Waals surface area contributed by atoms with E-state index in [0.29, 0.717) is 6.08 Å². The molecule has 0 spiro atoms. The number of carboxylic acid groups (broad SMARTS) is 1. The summed E-state index contributed by atoms with van der Waals surface area (Å²) in [6, 6.07) is 4.93. The van der Waals surface area contributed by atoms with Crippen molar-refractivity contribution in [2.45, 2.75) is 6.36 Å². The lowest BCUT2D eigenvalue weighted by Crippen LogP contribution is -2.18. The highest BCUT2D eigenvalue weighted by Gasteiger charge is 2.30. The Hall–Kier alpha value is -1.98. The van der Waals surface area contributed by atoms with Crippen molar-refractivity contribution < 1.29 is 27.8 Å². The van der Waals surface area contributed by atoms with Crippen molar-refractivity contribution in [3.63, 3.8) is 0 Å². The van der Waals surface area contributed by atoms with Crippen LogP contribution in [0.4, 0.5) is 13.2 Å². The van der Waals surface area contributed by atoms with E-state index >= 15 is 0 Å². The number of rotatable bonds is 3. The molecule has 0 fully saturated rings. The molecule has 86 valence electrons. The summed E-state index contributed by atoms with van der Waals surface area (Å²) < 4.78 is 39.2. The average molecular weight is 231 g/mol. The van der Waals surface area contributed by atoms with Gasteiger partial charge >= 0.3 is 6.36 Å².